The van der Waals surface area contributed by atoms with E-state index in [1.165, 1.54) is 0 Å². The quantitative estimate of drug-likeness (QED) is 0.550. The fourth-order valence-corrected chi connectivity index (χ4v) is 5.87. The largest absolute Gasteiger partial charge is 0.366 e. The van der Waals surface area contributed by atoms with Gasteiger partial charge in [0.05, 0.1) is 22.1 Å². The second-order valence-electron chi connectivity index (χ2n) is 7.02. The Morgan fingerprint density at radius 2 is 2.04 bits per heavy atom. The molecule has 11 heteroatoms. The molecule has 0 aliphatic carbocycles. The molecule has 0 bridgehead atoms. The second-order valence-corrected chi connectivity index (χ2v) is 9.25. The Bertz CT molecular complexity index is 982. The predicted octanol–water partition coefficient (Wildman–Crippen LogP) is 1.74. The molecule has 2 aliphatic heterocycles. The smallest absolute Gasteiger partial charge is 0.323 e. The number of nitro groups is 1. The van der Waals surface area contributed by atoms with E-state index in [2.05, 4.69) is 10.3 Å². The zero-order valence-corrected chi connectivity index (χ0v) is 15.8. The highest BCUT2D eigenvalue weighted by molar-refractivity contribution is 7.91. The molecule has 27 heavy (non-hydrogen) atoms. The second kappa shape index (κ2) is 6.63. The van der Waals surface area contributed by atoms with Crippen LogP contribution in [0.3, 0.4) is 0 Å². The lowest BCUT2D eigenvalue weighted by Gasteiger charge is -2.30. The average Bonchev–Trinajstić information content (AvgIpc) is 3.35. The summed E-state index contributed by atoms with van der Waals surface area (Å²) < 4.78 is 28.8. The third kappa shape index (κ3) is 3.09. The van der Waals surface area contributed by atoms with Crippen LogP contribution >= 0.6 is 0 Å². The Hall–Kier alpha value is -2.43. The van der Waals surface area contributed by atoms with E-state index in [0.717, 1.165) is 25.9 Å². The van der Waals surface area contributed by atoms with E-state index < -0.39 is 14.8 Å². The number of fused-ring (bicyclic) bond motifs is 1. The summed E-state index contributed by atoms with van der Waals surface area (Å²) >= 11 is 0. The summed E-state index contributed by atoms with van der Waals surface area (Å²) in [6.45, 7) is 3.96. The maximum Gasteiger partial charge on any atom is 0.323 e. The summed E-state index contributed by atoms with van der Waals surface area (Å²) in [7, 11) is -3.07. The maximum atomic E-state index is 12.0. The van der Waals surface area contributed by atoms with Crippen molar-refractivity contribution in [3.05, 3.63) is 16.2 Å². The molecular formula is C16H21N5O5S. The highest BCUT2D eigenvalue weighted by atomic mass is 32.2. The molecule has 2 aliphatic rings. The maximum absolute atomic E-state index is 12.0. The Balaban J connectivity index is 1.88. The van der Waals surface area contributed by atoms with Gasteiger partial charge in [-0.25, -0.2) is 13.0 Å². The van der Waals surface area contributed by atoms with Crippen LogP contribution in [0.15, 0.2) is 10.7 Å². The number of hydrogen-bond donors (Lipinski definition) is 0. The van der Waals surface area contributed by atoms with Gasteiger partial charge in [-0.15, -0.1) is 0 Å². The zero-order chi connectivity index (χ0) is 19.2. The third-order valence-electron chi connectivity index (χ3n) is 5.40. The van der Waals surface area contributed by atoms with Crippen LogP contribution in [0.1, 0.15) is 26.2 Å². The van der Waals surface area contributed by atoms with Gasteiger partial charge in [-0.3, -0.25) is 10.1 Å². The standard InChI is InChI=1S/C16H21N5O5S/c1-2-20(11-5-8-27(24,25)10-11)12-9-13(19-6-3-4-7-19)16(21(22)23)15-14(12)17-26-18-15/h9,11H,2-8,10H2,1H3. The van der Waals surface area contributed by atoms with Crippen molar-refractivity contribution < 1.29 is 18.0 Å². The highest BCUT2D eigenvalue weighted by Crippen LogP contribution is 2.42. The minimum absolute atomic E-state index is 0.0731. The summed E-state index contributed by atoms with van der Waals surface area (Å²) in [5.41, 5.74) is 1.44. The molecule has 1 atom stereocenters. The van der Waals surface area contributed by atoms with Crippen molar-refractivity contribution in [3.8, 4) is 0 Å². The van der Waals surface area contributed by atoms with E-state index in [-0.39, 0.29) is 28.8 Å². The zero-order valence-electron chi connectivity index (χ0n) is 15.0. The molecule has 4 rings (SSSR count). The minimum atomic E-state index is -3.07. The first kappa shape index (κ1) is 18.0. The van der Waals surface area contributed by atoms with Crippen molar-refractivity contribution in [2.24, 2.45) is 0 Å². The van der Waals surface area contributed by atoms with E-state index >= 15 is 0 Å². The molecule has 0 N–H and O–H groups in total. The van der Waals surface area contributed by atoms with Crippen LogP contribution in [0.25, 0.3) is 11.0 Å². The van der Waals surface area contributed by atoms with Gasteiger partial charge in [0, 0.05) is 25.7 Å². The molecule has 2 saturated heterocycles. The summed E-state index contributed by atoms with van der Waals surface area (Å²) in [5, 5.41) is 19.5. The van der Waals surface area contributed by atoms with Crippen LogP contribution in [-0.4, -0.2) is 60.8 Å². The van der Waals surface area contributed by atoms with Crippen molar-refractivity contribution in [3.63, 3.8) is 0 Å². The van der Waals surface area contributed by atoms with Gasteiger partial charge in [-0.2, -0.15) is 0 Å². The SMILES string of the molecule is CCN(c1cc(N2CCCC2)c([N+](=O)[O-])c2nonc12)C1CCS(=O)(=O)C1. The summed E-state index contributed by atoms with van der Waals surface area (Å²) in [5.74, 6) is 0.226. The van der Waals surface area contributed by atoms with Crippen LogP contribution in [0.2, 0.25) is 0 Å². The number of nitrogens with zero attached hydrogens (tertiary/aromatic N) is 5. The fourth-order valence-electron chi connectivity index (χ4n) is 4.14. The van der Waals surface area contributed by atoms with Gasteiger partial charge in [0.2, 0.25) is 5.52 Å². The lowest BCUT2D eigenvalue weighted by atomic mass is 10.1. The lowest BCUT2D eigenvalue weighted by Crippen LogP contribution is -2.36. The van der Waals surface area contributed by atoms with Gasteiger partial charge >= 0.3 is 5.69 Å². The van der Waals surface area contributed by atoms with Crippen molar-refractivity contribution in [1.29, 1.82) is 0 Å². The summed E-state index contributed by atoms with van der Waals surface area (Å²) in [6.07, 6.45) is 2.47. The van der Waals surface area contributed by atoms with Gasteiger partial charge in [-0.05, 0) is 42.6 Å². The van der Waals surface area contributed by atoms with Crippen LogP contribution in [0.5, 0.6) is 0 Å². The molecule has 1 aromatic carbocycles. The number of anilines is 2. The molecule has 1 unspecified atom stereocenters. The van der Waals surface area contributed by atoms with Gasteiger partial charge in [0.25, 0.3) is 0 Å². The van der Waals surface area contributed by atoms with E-state index in [4.69, 9.17) is 4.63 Å². The van der Waals surface area contributed by atoms with Gasteiger partial charge in [-0.1, -0.05) is 0 Å². The highest BCUT2D eigenvalue weighted by Gasteiger charge is 2.36. The van der Waals surface area contributed by atoms with Crippen molar-refractivity contribution in [2.75, 3.05) is 40.9 Å². The van der Waals surface area contributed by atoms with E-state index in [9.17, 15) is 18.5 Å². The van der Waals surface area contributed by atoms with Crippen molar-refractivity contribution >= 4 is 37.9 Å². The fraction of sp³-hybridized carbons (Fsp3) is 0.625. The number of aromatic nitrogens is 2. The third-order valence-corrected chi connectivity index (χ3v) is 7.15. The minimum Gasteiger partial charge on any atom is -0.366 e. The summed E-state index contributed by atoms with van der Waals surface area (Å²) in [4.78, 5) is 15.3. The van der Waals surface area contributed by atoms with Crippen LogP contribution in [0, 0.1) is 10.1 Å². The number of sulfone groups is 1. The molecule has 0 spiro atoms. The first-order valence-electron chi connectivity index (χ1n) is 9.07. The van der Waals surface area contributed by atoms with Crippen LogP contribution < -0.4 is 9.80 Å². The van der Waals surface area contributed by atoms with Crippen molar-refractivity contribution in [2.45, 2.75) is 32.2 Å². The lowest BCUT2D eigenvalue weighted by molar-refractivity contribution is -0.382. The molecule has 0 radical (unpaired) electrons. The monoisotopic (exact) mass is 395 g/mol. The molecular weight excluding hydrogens is 374 g/mol. The topological polar surface area (TPSA) is 123 Å². The molecule has 10 nitrogen and oxygen atoms in total. The first-order valence-corrected chi connectivity index (χ1v) is 10.9. The number of hydrogen-bond acceptors (Lipinski definition) is 9. The van der Waals surface area contributed by atoms with Crippen molar-refractivity contribution in [1.82, 2.24) is 10.3 Å². The molecule has 2 fully saturated rings. The normalized spacial score (nSPS) is 21.8. The van der Waals surface area contributed by atoms with E-state index in [1.807, 2.05) is 16.7 Å². The Labute approximate surface area is 156 Å². The predicted molar refractivity (Wildman–Crippen MR) is 100.0 cm³/mol. The van der Waals surface area contributed by atoms with Gasteiger partial charge < -0.3 is 9.80 Å². The average molecular weight is 395 g/mol. The Morgan fingerprint density at radius 1 is 1.33 bits per heavy atom. The Kier molecular flexibility index (Phi) is 4.41. The van der Waals surface area contributed by atoms with Gasteiger partial charge in [0.1, 0.15) is 5.69 Å². The Morgan fingerprint density at radius 3 is 2.63 bits per heavy atom. The molecule has 0 saturated carbocycles. The van der Waals surface area contributed by atoms with E-state index in [1.54, 1.807) is 6.07 Å². The number of nitro benzene ring substituents is 1. The first-order chi connectivity index (χ1) is 12.9. The molecule has 1 aromatic heterocycles. The van der Waals surface area contributed by atoms with Crippen LogP contribution in [-0.2, 0) is 9.84 Å². The molecule has 146 valence electrons. The molecule has 2 aromatic rings. The molecule has 0 amide bonds. The summed E-state index contributed by atoms with van der Waals surface area (Å²) in [6, 6.07) is 1.57. The van der Waals surface area contributed by atoms with Crippen LogP contribution in [0.4, 0.5) is 17.1 Å². The molecule has 3 heterocycles. The van der Waals surface area contributed by atoms with Gasteiger partial charge in [0.15, 0.2) is 15.4 Å². The van der Waals surface area contributed by atoms with E-state index in [0.29, 0.717) is 29.9 Å². The number of rotatable bonds is 5. The number of benzene rings is 1.